The molecule has 2 aliphatic heterocycles. The van der Waals surface area contributed by atoms with Crippen molar-refractivity contribution in [1.82, 2.24) is 0 Å². The van der Waals surface area contributed by atoms with Crippen LogP contribution in [0.1, 0.15) is 33.1 Å². The van der Waals surface area contributed by atoms with Crippen LogP contribution >= 0.6 is 0 Å². The van der Waals surface area contributed by atoms with Crippen molar-refractivity contribution in [3.63, 3.8) is 0 Å². The highest BCUT2D eigenvalue weighted by atomic mass is 16.5. The van der Waals surface area contributed by atoms with Crippen molar-refractivity contribution < 1.29 is 14.3 Å². The van der Waals surface area contributed by atoms with Crippen LogP contribution in [0, 0.1) is 11.8 Å². The van der Waals surface area contributed by atoms with Crippen LogP contribution in [0.2, 0.25) is 0 Å². The summed E-state index contributed by atoms with van der Waals surface area (Å²) in [6, 6.07) is 15.4. The van der Waals surface area contributed by atoms with E-state index in [9.17, 15) is 9.59 Å². The summed E-state index contributed by atoms with van der Waals surface area (Å²) in [5.41, 5.74) is 2.69. The molecule has 2 aliphatic rings. The smallest absolute Gasteiger partial charge is 0.229 e. The summed E-state index contributed by atoms with van der Waals surface area (Å²) < 4.78 is 5.47. The first-order valence-corrected chi connectivity index (χ1v) is 11.2. The minimum atomic E-state index is -0.367. The van der Waals surface area contributed by atoms with Crippen LogP contribution in [-0.4, -0.2) is 38.1 Å². The van der Waals surface area contributed by atoms with E-state index in [-0.39, 0.29) is 24.2 Å². The van der Waals surface area contributed by atoms with Crippen molar-refractivity contribution in [2.75, 3.05) is 41.4 Å². The van der Waals surface area contributed by atoms with E-state index in [1.807, 2.05) is 49.4 Å². The van der Waals surface area contributed by atoms with E-state index >= 15 is 0 Å². The van der Waals surface area contributed by atoms with Crippen molar-refractivity contribution in [3.8, 4) is 5.75 Å². The van der Waals surface area contributed by atoms with Gasteiger partial charge >= 0.3 is 0 Å². The molecule has 1 atom stereocenters. The topological polar surface area (TPSA) is 61.9 Å². The number of para-hydroxylation sites is 2. The molecule has 6 heteroatoms. The highest BCUT2D eigenvalue weighted by molar-refractivity contribution is 6.04. The van der Waals surface area contributed by atoms with E-state index in [4.69, 9.17) is 4.74 Å². The molecule has 0 aromatic heterocycles. The summed E-state index contributed by atoms with van der Waals surface area (Å²) in [5, 5.41) is 3.10. The largest absolute Gasteiger partial charge is 0.494 e. The predicted octanol–water partition coefficient (Wildman–Crippen LogP) is 4.31. The van der Waals surface area contributed by atoms with Gasteiger partial charge in [-0.05, 0) is 62.1 Å². The summed E-state index contributed by atoms with van der Waals surface area (Å²) >= 11 is 0. The first-order valence-electron chi connectivity index (χ1n) is 11.2. The molecule has 4 rings (SSSR count). The molecule has 31 heavy (non-hydrogen) atoms. The first kappa shape index (κ1) is 21.2. The zero-order chi connectivity index (χ0) is 21.8. The number of hydrogen-bond acceptors (Lipinski definition) is 4. The number of benzene rings is 2. The van der Waals surface area contributed by atoms with Crippen LogP contribution in [0.25, 0.3) is 0 Å². The van der Waals surface area contributed by atoms with Gasteiger partial charge in [-0.15, -0.1) is 0 Å². The number of piperidine rings is 1. The number of carbonyl (C=O) groups is 2. The highest BCUT2D eigenvalue weighted by Crippen LogP contribution is 2.32. The molecular weight excluding hydrogens is 390 g/mol. The van der Waals surface area contributed by atoms with E-state index in [0.29, 0.717) is 13.2 Å². The van der Waals surface area contributed by atoms with Gasteiger partial charge in [0.1, 0.15) is 5.75 Å². The van der Waals surface area contributed by atoms with Gasteiger partial charge in [-0.1, -0.05) is 19.1 Å². The van der Waals surface area contributed by atoms with Crippen LogP contribution in [0.15, 0.2) is 48.5 Å². The Balaban J connectivity index is 1.42. The van der Waals surface area contributed by atoms with E-state index < -0.39 is 0 Å². The molecule has 2 aromatic carbocycles. The second-order valence-corrected chi connectivity index (χ2v) is 8.51. The lowest BCUT2D eigenvalue weighted by atomic mass is 9.98. The quantitative estimate of drug-likeness (QED) is 0.755. The molecule has 164 valence electrons. The Kier molecular flexibility index (Phi) is 6.44. The van der Waals surface area contributed by atoms with Crippen LogP contribution < -0.4 is 19.9 Å². The number of nitrogens with zero attached hydrogens (tertiary/aromatic N) is 2. The van der Waals surface area contributed by atoms with Crippen LogP contribution in [-0.2, 0) is 9.59 Å². The van der Waals surface area contributed by atoms with E-state index in [0.717, 1.165) is 54.7 Å². The first-order chi connectivity index (χ1) is 15.0. The lowest BCUT2D eigenvalue weighted by Crippen LogP contribution is -2.34. The molecule has 1 N–H and O–H groups in total. The van der Waals surface area contributed by atoms with Crippen molar-refractivity contribution in [2.24, 2.45) is 11.8 Å². The minimum Gasteiger partial charge on any atom is -0.494 e. The molecule has 2 heterocycles. The number of carbonyl (C=O) groups excluding carboxylic acids is 2. The van der Waals surface area contributed by atoms with Crippen LogP contribution in [0.3, 0.4) is 0 Å². The number of rotatable bonds is 6. The molecule has 2 fully saturated rings. The summed E-state index contributed by atoms with van der Waals surface area (Å²) in [5.74, 6) is 1.03. The normalized spacial score (nSPS) is 19.5. The van der Waals surface area contributed by atoms with Gasteiger partial charge < -0.3 is 19.9 Å². The third-order valence-corrected chi connectivity index (χ3v) is 6.24. The maximum atomic E-state index is 13.0. The number of nitrogens with one attached hydrogen (secondary N) is 1. The Morgan fingerprint density at radius 1 is 1.10 bits per heavy atom. The fourth-order valence-electron chi connectivity index (χ4n) is 4.36. The number of hydrogen-bond donors (Lipinski definition) is 1. The Hall–Kier alpha value is -3.02. The van der Waals surface area contributed by atoms with Gasteiger partial charge in [0.15, 0.2) is 0 Å². The van der Waals surface area contributed by atoms with Gasteiger partial charge in [-0.25, -0.2) is 0 Å². The van der Waals surface area contributed by atoms with Crippen LogP contribution in [0.4, 0.5) is 17.1 Å². The average Bonchev–Trinajstić information content (AvgIpc) is 3.17. The maximum absolute atomic E-state index is 13.0. The highest BCUT2D eigenvalue weighted by Gasteiger charge is 2.35. The molecule has 0 bridgehead atoms. The Morgan fingerprint density at radius 2 is 1.81 bits per heavy atom. The van der Waals surface area contributed by atoms with Crippen molar-refractivity contribution in [1.29, 1.82) is 0 Å². The number of amides is 2. The molecule has 2 saturated heterocycles. The van der Waals surface area contributed by atoms with Gasteiger partial charge in [-0.3, -0.25) is 9.59 Å². The molecule has 0 unspecified atom stereocenters. The molecule has 2 aromatic rings. The molecule has 2 amide bonds. The lowest BCUT2D eigenvalue weighted by molar-refractivity contribution is -0.122. The summed E-state index contributed by atoms with van der Waals surface area (Å²) in [6.45, 7) is 7.22. The predicted molar refractivity (Wildman–Crippen MR) is 124 cm³/mol. The standard InChI is InChI=1S/C25H31N3O3/c1-3-31-21-10-8-20(9-11-21)28-17-19(16-24(28)29)25(30)26-22-6-4-5-7-23(22)27-14-12-18(2)13-15-27/h4-11,18-19H,3,12-17H2,1-2H3,(H,26,30)/t19-/m0/s1. The average molecular weight is 422 g/mol. The van der Waals surface area contributed by atoms with Crippen LogP contribution in [0.5, 0.6) is 5.75 Å². The van der Waals surface area contributed by atoms with Gasteiger partial charge in [-0.2, -0.15) is 0 Å². The lowest BCUT2D eigenvalue weighted by Gasteiger charge is -2.33. The fraction of sp³-hybridized carbons (Fsp3) is 0.440. The third kappa shape index (κ3) is 4.84. The Labute approximate surface area is 184 Å². The van der Waals surface area contributed by atoms with E-state index in [2.05, 4.69) is 23.2 Å². The van der Waals surface area contributed by atoms with Crippen molar-refractivity contribution >= 4 is 28.9 Å². The summed E-state index contributed by atoms with van der Waals surface area (Å²) in [6.07, 6.45) is 2.55. The summed E-state index contributed by atoms with van der Waals surface area (Å²) in [4.78, 5) is 29.7. The molecule has 0 spiro atoms. The molecule has 6 nitrogen and oxygen atoms in total. The van der Waals surface area contributed by atoms with Crippen molar-refractivity contribution in [3.05, 3.63) is 48.5 Å². The zero-order valence-electron chi connectivity index (χ0n) is 18.3. The van der Waals surface area contributed by atoms with Crippen molar-refractivity contribution in [2.45, 2.75) is 33.1 Å². The maximum Gasteiger partial charge on any atom is 0.229 e. The Morgan fingerprint density at radius 3 is 2.52 bits per heavy atom. The molecule has 0 radical (unpaired) electrons. The minimum absolute atomic E-state index is 0.0254. The second kappa shape index (κ2) is 9.41. The monoisotopic (exact) mass is 421 g/mol. The summed E-state index contributed by atoms with van der Waals surface area (Å²) in [7, 11) is 0. The SMILES string of the molecule is CCOc1ccc(N2C[C@@H](C(=O)Nc3ccccc3N3CCC(C)CC3)CC2=O)cc1. The second-order valence-electron chi connectivity index (χ2n) is 8.51. The van der Waals surface area contributed by atoms with Gasteiger partial charge in [0.05, 0.1) is 23.9 Å². The third-order valence-electron chi connectivity index (χ3n) is 6.24. The van der Waals surface area contributed by atoms with E-state index in [1.54, 1.807) is 4.90 Å². The number of ether oxygens (including phenoxy) is 1. The van der Waals surface area contributed by atoms with E-state index in [1.165, 1.54) is 0 Å². The van der Waals surface area contributed by atoms with Gasteiger partial charge in [0.2, 0.25) is 11.8 Å². The van der Waals surface area contributed by atoms with Gasteiger partial charge in [0, 0.05) is 31.7 Å². The Bertz CT molecular complexity index is 920. The van der Waals surface area contributed by atoms with Gasteiger partial charge in [0.25, 0.3) is 0 Å². The molecular formula is C25H31N3O3. The zero-order valence-corrected chi connectivity index (χ0v) is 18.3. The number of anilines is 3. The molecule has 0 aliphatic carbocycles. The fourth-order valence-corrected chi connectivity index (χ4v) is 4.36. The molecule has 0 saturated carbocycles.